The highest BCUT2D eigenvalue weighted by atomic mass is 32.1. The van der Waals surface area contributed by atoms with E-state index in [1.807, 2.05) is 18.2 Å². The molecule has 1 amide bonds. The molecule has 0 aliphatic carbocycles. The van der Waals surface area contributed by atoms with Gasteiger partial charge in [0.2, 0.25) is 0 Å². The van der Waals surface area contributed by atoms with E-state index in [-0.39, 0.29) is 18.9 Å². The molecule has 0 radical (unpaired) electrons. The van der Waals surface area contributed by atoms with E-state index < -0.39 is 5.97 Å². The number of benzene rings is 3. The van der Waals surface area contributed by atoms with Crippen molar-refractivity contribution < 1.29 is 14.7 Å². The average molecular weight is 500 g/mol. The molecule has 0 spiro atoms. The lowest BCUT2D eigenvalue weighted by molar-refractivity contribution is -0.136. The minimum absolute atomic E-state index is 0.0986. The van der Waals surface area contributed by atoms with Gasteiger partial charge < -0.3 is 15.3 Å². The fourth-order valence-electron chi connectivity index (χ4n) is 3.78. The first-order valence-electron chi connectivity index (χ1n) is 11.9. The Morgan fingerprint density at radius 3 is 2.36 bits per heavy atom. The van der Waals surface area contributed by atoms with Crippen LogP contribution in [0.3, 0.4) is 0 Å². The van der Waals surface area contributed by atoms with Crippen LogP contribution < -0.4 is 10.2 Å². The van der Waals surface area contributed by atoms with E-state index in [9.17, 15) is 9.59 Å². The molecule has 0 bridgehead atoms. The van der Waals surface area contributed by atoms with Crippen LogP contribution in [0.2, 0.25) is 0 Å². The largest absolute Gasteiger partial charge is 0.481 e. The highest BCUT2D eigenvalue weighted by molar-refractivity contribution is 7.14. The van der Waals surface area contributed by atoms with Crippen molar-refractivity contribution in [3.8, 4) is 11.3 Å². The molecule has 2 N–H and O–H groups in total. The van der Waals surface area contributed by atoms with Gasteiger partial charge in [0.25, 0.3) is 5.91 Å². The third-order valence-electron chi connectivity index (χ3n) is 5.84. The number of anilines is 1. The zero-order chi connectivity index (χ0) is 25.3. The summed E-state index contributed by atoms with van der Waals surface area (Å²) in [6, 6.07) is 26.2. The lowest BCUT2D eigenvalue weighted by Gasteiger charge is -2.22. The lowest BCUT2D eigenvalue weighted by atomic mass is 10.1. The van der Waals surface area contributed by atoms with Gasteiger partial charge in [0.15, 0.2) is 5.13 Å². The van der Waals surface area contributed by atoms with E-state index in [1.165, 1.54) is 11.1 Å². The number of nitrogens with one attached hydrogen (secondary N) is 1. The summed E-state index contributed by atoms with van der Waals surface area (Å²) in [5.74, 6) is -1.21. The Bertz CT molecular complexity index is 1290. The first kappa shape index (κ1) is 25.1. The maximum Gasteiger partial charge on any atom is 0.305 e. The predicted octanol–water partition coefficient (Wildman–Crippen LogP) is 5.57. The Morgan fingerprint density at radius 2 is 1.67 bits per heavy atom. The molecule has 6 nitrogen and oxygen atoms in total. The summed E-state index contributed by atoms with van der Waals surface area (Å²) in [7, 11) is 0. The molecule has 0 atom stereocenters. The summed E-state index contributed by atoms with van der Waals surface area (Å²) in [5, 5.41) is 14.4. The molecular weight excluding hydrogens is 470 g/mol. The Labute approximate surface area is 215 Å². The molecule has 7 heteroatoms. The third-order valence-corrected chi connectivity index (χ3v) is 6.74. The van der Waals surface area contributed by atoms with Gasteiger partial charge in [-0.1, -0.05) is 72.3 Å². The summed E-state index contributed by atoms with van der Waals surface area (Å²) >= 11 is 1.63. The van der Waals surface area contributed by atoms with Gasteiger partial charge in [-0.15, -0.1) is 11.3 Å². The van der Waals surface area contributed by atoms with Gasteiger partial charge in [-0.05, 0) is 36.6 Å². The van der Waals surface area contributed by atoms with Gasteiger partial charge in [0, 0.05) is 36.1 Å². The molecule has 36 heavy (non-hydrogen) atoms. The van der Waals surface area contributed by atoms with Crippen LogP contribution in [0, 0.1) is 6.92 Å². The molecule has 1 aromatic heterocycles. The van der Waals surface area contributed by atoms with E-state index in [0.29, 0.717) is 12.1 Å². The summed E-state index contributed by atoms with van der Waals surface area (Å²) in [5.41, 5.74) is 6.13. The van der Waals surface area contributed by atoms with E-state index >= 15 is 0 Å². The maximum atomic E-state index is 12.3. The molecule has 0 unspecified atom stereocenters. The summed E-state index contributed by atoms with van der Waals surface area (Å²) in [4.78, 5) is 30.2. The zero-order valence-corrected chi connectivity index (χ0v) is 21.0. The van der Waals surface area contributed by atoms with Crippen molar-refractivity contribution in [1.29, 1.82) is 0 Å². The number of carbonyl (C=O) groups excluding carboxylic acids is 1. The monoisotopic (exact) mass is 499 g/mol. The molecule has 0 aliphatic heterocycles. The smallest absolute Gasteiger partial charge is 0.305 e. The van der Waals surface area contributed by atoms with Crippen molar-refractivity contribution >= 4 is 28.3 Å². The quantitative estimate of drug-likeness (QED) is 0.282. The minimum Gasteiger partial charge on any atom is -0.481 e. The Hall–Kier alpha value is -3.97. The number of aromatic nitrogens is 1. The first-order chi connectivity index (χ1) is 17.5. The number of amides is 1. The third kappa shape index (κ3) is 7.02. The van der Waals surface area contributed by atoms with Crippen LogP contribution in [0.1, 0.15) is 33.5 Å². The molecule has 0 fully saturated rings. The standard InChI is InChI=1S/C29H29N3O3S/c1-21-7-11-24(12-8-21)26-20-36-29(31-26)32(18-16-22-5-3-2-4-6-22)19-23-9-13-25(14-10-23)28(35)30-17-15-27(33)34/h2-14,20H,15-19H2,1H3,(H,30,35)(H,33,34). The first-order valence-corrected chi connectivity index (χ1v) is 12.8. The molecule has 1 heterocycles. The number of thiazole rings is 1. The van der Waals surface area contributed by atoms with Crippen molar-refractivity contribution in [2.75, 3.05) is 18.0 Å². The molecule has 4 aromatic rings. The lowest BCUT2D eigenvalue weighted by Crippen LogP contribution is -2.26. The molecule has 3 aromatic carbocycles. The fourth-order valence-corrected chi connectivity index (χ4v) is 4.65. The number of carboxylic acids is 1. The molecular formula is C29H29N3O3S. The van der Waals surface area contributed by atoms with Gasteiger partial charge in [0.05, 0.1) is 12.1 Å². The SMILES string of the molecule is Cc1ccc(-c2csc(N(CCc3ccccc3)Cc3ccc(C(=O)NCCC(=O)O)cc3)n2)cc1. The second-order valence-electron chi connectivity index (χ2n) is 8.64. The summed E-state index contributed by atoms with van der Waals surface area (Å²) in [6.45, 7) is 3.65. The van der Waals surface area contributed by atoms with E-state index in [4.69, 9.17) is 10.1 Å². The average Bonchev–Trinajstić information content (AvgIpc) is 3.38. The Morgan fingerprint density at radius 1 is 0.944 bits per heavy atom. The van der Waals surface area contributed by atoms with Gasteiger partial charge >= 0.3 is 5.97 Å². The van der Waals surface area contributed by atoms with Crippen molar-refractivity contribution in [3.63, 3.8) is 0 Å². The van der Waals surface area contributed by atoms with E-state index in [2.05, 4.69) is 71.1 Å². The fraction of sp³-hybridized carbons (Fsp3) is 0.207. The highest BCUT2D eigenvalue weighted by Crippen LogP contribution is 2.29. The van der Waals surface area contributed by atoms with Crippen LogP contribution in [0.4, 0.5) is 5.13 Å². The normalized spacial score (nSPS) is 10.7. The van der Waals surface area contributed by atoms with Gasteiger partial charge in [0.1, 0.15) is 0 Å². The van der Waals surface area contributed by atoms with Gasteiger partial charge in [-0.3, -0.25) is 9.59 Å². The number of carboxylic acid groups (broad SMARTS) is 1. The topological polar surface area (TPSA) is 82.5 Å². The number of aliphatic carboxylic acids is 1. The number of rotatable bonds is 11. The highest BCUT2D eigenvalue weighted by Gasteiger charge is 2.14. The van der Waals surface area contributed by atoms with Crippen molar-refractivity contribution in [3.05, 3.63) is 106 Å². The van der Waals surface area contributed by atoms with Crippen LogP contribution in [-0.2, 0) is 17.8 Å². The Balaban J connectivity index is 1.48. The molecule has 0 saturated carbocycles. The minimum atomic E-state index is -0.936. The molecule has 0 saturated heterocycles. The molecule has 184 valence electrons. The van der Waals surface area contributed by atoms with Crippen LogP contribution in [-0.4, -0.2) is 35.1 Å². The number of hydrogen-bond acceptors (Lipinski definition) is 5. The van der Waals surface area contributed by atoms with Crippen molar-refractivity contribution in [2.24, 2.45) is 0 Å². The van der Waals surface area contributed by atoms with Crippen LogP contribution in [0.5, 0.6) is 0 Å². The second-order valence-corrected chi connectivity index (χ2v) is 9.47. The number of hydrogen-bond donors (Lipinski definition) is 2. The van der Waals surface area contributed by atoms with E-state index in [1.54, 1.807) is 23.5 Å². The van der Waals surface area contributed by atoms with Crippen molar-refractivity contribution in [2.45, 2.75) is 26.3 Å². The van der Waals surface area contributed by atoms with Crippen LogP contribution in [0.25, 0.3) is 11.3 Å². The van der Waals surface area contributed by atoms with Gasteiger partial charge in [-0.25, -0.2) is 4.98 Å². The van der Waals surface area contributed by atoms with E-state index in [0.717, 1.165) is 34.9 Å². The maximum absolute atomic E-state index is 12.3. The Kier molecular flexibility index (Phi) is 8.47. The number of carbonyl (C=O) groups is 2. The van der Waals surface area contributed by atoms with Gasteiger partial charge in [-0.2, -0.15) is 0 Å². The van der Waals surface area contributed by atoms with Crippen molar-refractivity contribution in [1.82, 2.24) is 10.3 Å². The number of aryl methyl sites for hydroxylation is 1. The number of nitrogens with zero attached hydrogens (tertiary/aromatic N) is 2. The molecule has 4 rings (SSSR count). The predicted molar refractivity (Wildman–Crippen MR) is 145 cm³/mol. The zero-order valence-electron chi connectivity index (χ0n) is 20.2. The summed E-state index contributed by atoms with van der Waals surface area (Å²) in [6.07, 6.45) is 0.795. The van der Waals surface area contributed by atoms with Crippen LogP contribution in [0.15, 0.2) is 84.2 Å². The van der Waals surface area contributed by atoms with Crippen LogP contribution >= 0.6 is 11.3 Å². The molecule has 0 aliphatic rings. The second kappa shape index (κ2) is 12.1. The summed E-state index contributed by atoms with van der Waals surface area (Å²) < 4.78 is 0.